The first kappa shape index (κ1) is 16.7. The summed E-state index contributed by atoms with van der Waals surface area (Å²) in [6.07, 6.45) is 5.86. The van der Waals surface area contributed by atoms with Crippen molar-refractivity contribution in [3.05, 3.63) is 35.9 Å². The minimum absolute atomic E-state index is 0.0285. The van der Waals surface area contributed by atoms with Crippen molar-refractivity contribution in [2.24, 2.45) is 0 Å². The van der Waals surface area contributed by atoms with Crippen LogP contribution < -0.4 is 5.32 Å². The summed E-state index contributed by atoms with van der Waals surface area (Å²) in [7, 11) is 0. The van der Waals surface area contributed by atoms with Crippen LogP contribution in [0.3, 0.4) is 0 Å². The molecule has 1 atom stereocenters. The van der Waals surface area contributed by atoms with Gasteiger partial charge in [-0.3, -0.25) is 9.59 Å². The van der Waals surface area contributed by atoms with Gasteiger partial charge in [0.25, 0.3) is 0 Å². The first-order valence-corrected chi connectivity index (χ1v) is 8.21. The fourth-order valence-corrected chi connectivity index (χ4v) is 2.97. The number of benzene rings is 1. The Morgan fingerprint density at radius 3 is 2.50 bits per heavy atom. The number of ether oxygens (including phenoxy) is 1. The molecule has 1 aromatic rings. The molecule has 0 aromatic heterocycles. The molecule has 1 N–H and O–H groups in total. The van der Waals surface area contributed by atoms with E-state index in [4.69, 9.17) is 4.74 Å². The third-order valence-electron chi connectivity index (χ3n) is 4.09. The van der Waals surface area contributed by atoms with Crippen LogP contribution in [0.1, 0.15) is 55.8 Å². The Bertz CT molecular complexity index is 480. The van der Waals surface area contributed by atoms with E-state index >= 15 is 0 Å². The molecule has 1 unspecified atom stereocenters. The van der Waals surface area contributed by atoms with Gasteiger partial charge in [-0.15, -0.1) is 0 Å². The number of rotatable bonds is 7. The van der Waals surface area contributed by atoms with E-state index < -0.39 is 6.04 Å². The normalized spacial score (nSPS) is 17.0. The maximum atomic E-state index is 12.7. The molecule has 4 nitrogen and oxygen atoms in total. The van der Waals surface area contributed by atoms with Gasteiger partial charge in [-0.05, 0) is 19.8 Å². The molecule has 1 saturated carbocycles. The molecule has 1 fully saturated rings. The minimum atomic E-state index is -0.496. The molecule has 2 rings (SSSR count). The zero-order valence-electron chi connectivity index (χ0n) is 13.2. The van der Waals surface area contributed by atoms with Crippen LogP contribution in [0.25, 0.3) is 0 Å². The zero-order valence-corrected chi connectivity index (χ0v) is 13.2. The Balaban J connectivity index is 2.06. The Labute approximate surface area is 132 Å². The third kappa shape index (κ3) is 4.95. The van der Waals surface area contributed by atoms with Crippen LogP contribution in [-0.2, 0) is 9.53 Å². The van der Waals surface area contributed by atoms with Crippen molar-refractivity contribution in [3.63, 3.8) is 0 Å². The van der Waals surface area contributed by atoms with Gasteiger partial charge in [0.1, 0.15) is 0 Å². The largest absolute Gasteiger partial charge is 0.466 e. The Hall–Kier alpha value is -1.68. The Kier molecular flexibility index (Phi) is 6.59. The van der Waals surface area contributed by atoms with E-state index in [9.17, 15) is 9.59 Å². The molecule has 0 bridgehead atoms. The van der Waals surface area contributed by atoms with Crippen LogP contribution >= 0.6 is 0 Å². The molecule has 0 aliphatic heterocycles. The average Bonchev–Trinajstić information content (AvgIpc) is 2.55. The lowest BCUT2D eigenvalue weighted by molar-refractivity contribution is -0.143. The molecular formula is C18H25NO3. The van der Waals surface area contributed by atoms with Gasteiger partial charge in [0.15, 0.2) is 5.78 Å². The van der Waals surface area contributed by atoms with Crippen molar-refractivity contribution in [1.82, 2.24) is 5.32 Å². The van der Waals surface area contributed by atoms with Crippen molar-refractivity contribution in [1.29, 1.82) is 0 Å². The number of Topliss-reactive ketones (excluding diaryl/α,β-unsaturated/α-hetero) is 1. The van der Waals surface area contributed by atoms with E-state index in [0.717, 1.165) is 12.8 Å². The fourth-order valence-electron chi connectivity index (χ4n) is 2.97. The topological polar surface area (TPSA) is 55.4 Å². The summed E-state index contributed by atoms with van der Waals surface area (Å²) in [5.41, 5.74) is 0.639. The number of carbonyl (C=O) groups excluding carboxylic acids is 2. The monoisotopic (exact) mass is 303 g/mol. The molecule has 0 amide bonds. The predicted octanol–water partition coefficient (Wildman–Crippen LogP) is 3.11. The number of hydrogen-bond donors (Lipinski definition) is 1. The molecule has 1 aliphatic carbocycles. The molecule has 0 radical (unpaired) electrons. The Morgan fingerprint density at radius 2 is 1.86 bits per heavy atom. The van der Waals surface area contributed by atoms with Crippen LogP contribution in [0.4, 0.5) is 0 Å². The van der Waals surface area contributed by atoms with E-state index in [1.54, 1.807) is 19.1 Å². The Morgan fingerprint density at radius 1 is 1.18 bits per heavy atom. The van der Waals surface area contributed by atoms with Crippen LogP contribution in [0.15, 0.2) is 30.3 Å². The number of carbonyl (C=O) groups is 2. The van der Waals surface area contributed by atoms with E-state index in [0.29, 0.717) is 18.2 Å². The van der Waals surface area contributed by atoms with Gasteiger partial charge in [-0.2, -0.15) is 0 Å². The van der Waals surface area contributed by atoms with Gasteiger partial charge >= 0.3 is 5.97 Å². The zero-order chi connectivity index (χ0) is 15.8. The summed E-state index contributed by atoms with van der Waals surface area (Å²) in [5, 5.41) is 3.39. The maximum absolute atomic E-state index is 12.7. The van der Waals surface area contributed by atoms with Crippen molar-refractivity contribution >= 4 is 11.8 Å². The second-order valence-electron chi connectivity index (χ2n) is 5.79. The first-order valence-electron chi connectivity index (χ1n) is 8.21. The van der Waals surface area contributed by atoms with Crippen molar-refractivity contribution in [3.8, 4) is 0 Å². The molecule has 1 aromatic carbocycles. The molecular weight excluding hydrogens is 278 g/mol. The number of esters is 1. The van der Waals surface area contributed by atoms with Gasteiger partial charge in [-0.25, -0.2) is 0 Å². The fraction of sp³-hybridized carbons (Fsp3) is 0.556. The average molecular weight is 303 g/mol. The van der Waals surface area contributed by atoms with E-state index in [-0.39, 0.29) is 18.2 Å². The van der Waals surface area contributed by atoms with Gasteiger partial charge in [0, 0.05) is 11.6 Å². The lowest BCUT2D eigenvalue weighted by Crippen LogP contribution is -2.45. The highest BCUT2D eigenvalue weighted by Gasteiger charge is 2.27. The molecule has 4 heteroatoms. The van der Waals surface area contributed by atoms with E-state index in [1.807, 2.05) is 18.2 Å². The predicted molar refractivity (Wildman–Crippen MR) is 85.8 cm³/mol. The van der Waals surface area contributed by atoms with E-state index in [1.165, 1.54) is 19.3 Å². The van der Waals surface area contributed by atoms with E-state index in [2.05, 4.69) is 5.32 Å². The van der Waals surface area contributed by atoms with Gasteiger partial charge in [0.2, 0.25) is 0 Å². The SMILES string of the molecule is CCOC(=O)CC(NC1CCCCC1)C(=O)c1ccccc1. The molecule has 0 heterocycles. The lowest BCUT2D eigenvalue weighted by atomic mass is 9.93. The highest BCUT2D eigenvalue weighted by molar-refractivity contribution is 6.01. The number of nitrogens with one attached hydrogen (secondary N) is 1. The van der Waals surface area contributed by atoms with Crippen molar-refractivity contribution in [2.45, 2.75) is 57.5 Å². The lowest BCUT2D eigenvalue weighted by Gasteiger charge is -2.27. The van der Waals surface area contributed by atoms with Crippen LogP contribution in [0.5, 0.6) is 0 Å². The standard InChI is InChI=1S/C18H25NO3/c1-2-22-17(20)13-16(19-15-11-7-4-8-12-15)18(21)14-9-5-3-6-10-14/h3,5-6,9-10,15-16,19H,2,4,7-8,11-13H2,1H3. The van der Waals surface area contributed by atoms with Gasteiger partial charge in [-0.1, -0.05) is 49.6 Å². The van der Waals surface area contributed by atoms with Gasteiger partial charge in [0.05, 0.1) is 19.1 Å². The number of ketones is 1. The van der Waals surface area contributed by atoms with Crippen LogP contribution in [-0.4, -0.2) is 30.4 Å². The van der Waals surface area contributed by atoms with Crippen molar-refractivity contribution < 1.29 is 14.3 Å². The summed E-state index contributed by atoms with van der Waals surface area (Å²) in [4.78, 5) is 24.5. The minimum Gasteiger partial charge on any atom is -0.466 e. The summed E-state index contributed by atoms with van der Waals surface area (Å²) in [6, 6.07) is 8.98. The van der Waals surface area contributed by atoms with Crippen LogP contribution in [0.2, 0.25) is 0 Å². The second kappa shape index (κ2) is 8.69. The highest BCUT2D eigenvalue weighted by Crippen LogP contribution is 2.19. The maximum Gasteiger partial charge on any atom is 0.307 e. The summed E-state index contributed by atoms with van der Waals surface area (Å²) in [6.45, 7) is 2.12. The molecule has 1 aliphatic rings. The molecule has 0 saturated heterocycles. The summed E-state index contributed by atoms with van der Waals surface area (Å²) >= 11 is 0. The summed E-state index contributed by atoms with van der Waals surface area (Å²) < 4.78 is 5.02. The third-order valence-corrected chi connectivity index (χ3v) is 4.09. The van der Waals surface area contributed by atoms with Crippen LogP contribution in [0, 0.1) is 0 Å². The quantitative estimate of drug-likeness (QED) is 0.621. The first-order chi connectivity index (χ1) is 10.7. The highest BCUT2D eigenvalue weighted by atomic mass is 16.5. The molecule has 0 spiro atoms. The molecule has 22 heavy (non-hydrogen) atoms. The van der Waals surface area contributed by atoms with Gasteiger partial charge < -0.3 is 10.1 Å². The van der Waals surface area contributed by atoms with Crippen molar-refractivity contribution in [2.75, 3.05) is 6.61 Å². The second-order valence-corrected chi connectivity index (χ2v) is 5.79. The summed E-state index contributed by atoms with van der Waals surface area (Å²) in [5.74, 6) is -0.348. The number of hydrogen-bond acceptors (Lipinski definition) is 4. The smallest absolute Gasteiger partial charge is 0.307 e. The molecule has 120 valence electrons.